The van der Waals surface area contributed by atoms with Gasteiger partial charge in [0.1, 0.15) is 0 Å². The highest BCUT2D eigenvalue weighted by Crippen LogP contribution is 2.22. The smallest absolute Gasteiger partial charge is 0.311 e. The van der Waals surface area contributed by atoms with E-state index >= 15 is 0 Å². The van der Waals surface area contributed by atoms with E-state index in [1.54, 1.807) is 13.1 Å². The number of aryl methyl sites for hydroxylation is 1. The number of nitrogens with one attached hydrogen (secondary N) is 1. The van der Waals surface area contributed by atoms with Gasteiger partial charge in [-0.3, -0.25) is 14.9 Å². The molecule has 0 aliphatic rings. The van der Waals surface area contributed by atoms with Gasteiger partial charge < -0.3 is 11.1 Å². The molecule has 1 amide bonds. The van der Waals surface area contributed by atoms with Crippen LogP contribution in [0.4, 0.5) is 11.5 Å². The molecule has 0 saturated heterocycles. The van der Waals surface area contributed by atoms with Crippen molar-refractivity contribution in [2.45, 2.75) is 26.2 Å². The molecule has 1 rings (SSSR count). The van der Waals surface area contributed by atoms with E-state index in [4.69, 9.17) is 5.73 Å². The minimum absolute atomic E-state index is 0.0371. The number of nitro groups is 1. The summed E-state index contributed by atoms with van der Waals surface area (Å²) in [6.45, 7) is 2.26. The van der Waals surface area contributed by atoms with Crippen LogP contribution in [0.1, 0.15) is 24.8 Å². The number of nitrogens with zero attached hydrogens (tertiary/aromatic N) is 2. The number of amides is 1. The highest BCUT2D eigenvalue weighted by atomic mass is 16.6. The van der Waals surface area contributed by atoms with E-state index in [0.717, 1.165) is 5.56 Å². The third-order valence-electron chi connectivity index (χ3n) is 2.34. The van der Waals surface area contributed by atoms with Gasteiger partial charge in [0.05, 0.1) is 4.92 Å². The molecular weight excluding hydrogens is 236 g/mol. The standard InChI is InChI=1S/C11H16N4O3/c1-8-6-9(15(17)18)11(14-7-8)13-5-3-2-4-10(12)16/h6-7H,2-5H2,1H3,(H2,12,16)(H,13,14). The predicted molar refractivity (Wildman–Crippen MR) is 67.2 cm³/mol. The average Bonchev–Trinajstić information content (AvgIpc) is 2.29. The molecule has 7 heteroatoms. The first-order chi connectivity index (χ1) is 8.50. The summed E-state index contributed by atoms with van der Waals surface area (Å²) < 4.78 is 0. The lowest BCUT2D eigenvalue weighted by atomic mass is 10.2. The molecule has 98 valence electrons. The number of hydrogen-bond acceptors (Lipinski definition) is 5. The number of unbranched alkanes of at least 4 members (excludes halogenated alkanes) is 1. The van der Waals surface area contributed by atoms with Crippen molar-refractivity contribution in [3.63, 3.8) is 0 Å². The van der Waals surface area contributed by atoms with E-state index in [-0.39, 0.29) is 17.4 Å². The van der Waals surface area contributed by atoms with Crippen molar-refractivity contribution in [2.24, 2.45) is 5.73 Å². The maximum absolute atomic E-state index is 10.8. The summed E-state index contributed by atoms with van der Waals surface area (Å²) in [6.07, 6.45) is 3.25. The molecule has 0 aliphatic carbocycles. The van der Waals surface area contributed by atoms with E-state index in [1.165, 1.54) is 6.07 Å². The van der Waals surface area contributed by atoms with Gasteiger partial charge in [-0.15, -0.1) is 0 Å². The van der Waals surface area contributed by atoms with Gasteiger partial charge in [0.15, 0.2) is 0 Å². The average molecular weight is 252 g/mol. The molecule has 1 aromatic heterocycles. The minimum atomic E-state index is -0.467. The summed E-state index contributed by atoms with van der Waals surface area (Å²) in [6, 6.07) is 1.47. The van der Waals surface area contributed by atoms with Crippen LogP contribution in [-0.4, -0.2) is 22.4 Å². The van der Waals surface area contributed by atoms with Crippen LogP contribution in [0.25, 0.3) is 0 Å². The van der Waals surface area contributed by atoms with Crippen LogP contribution in [0.5, 0.6) is 0 Å². The second-order valence-corrected chi connectivity index (χ2v) is 3.99. The number of carbonyl (C=O) groups is 1. The molecule has 3 N–H and O–H groups in total. The lowest BCUT2D eigenvalue weighted by Gasteiger charge is -2.06. The predicted octanol–water partition coefficient (Wildman–Crippen LogP) is 1.37. The fraction of sp³-hybridized carbons (Fsp3) is 0.455. The maximum atomic E-state index is 10.8. The zero-order valence-electron chi connectivity index (χ0n) is 10.2. The Morgan fingerprint density at radius 1 is 1.56 bits per heavy atom. The van der Waals surface area contributed by atoms with Crippen LogP contribution in [0.15, 0.2) is 12.3 Å². The number of anilines is 1. The van der Waals surface area contributed by atoms with Gasteiger partial charge in [-0.25, -0.2) is 4.98 Å². The highest BCUT2D eigenvalue weighted by Gasteiger charge is 2.14. The van der Waals surface area contributed by atoms with Crippen molar-refractivity contribution < 1.29 is 9.72 Å². The van der Waals surface area contributed by atoms with Crippen molar-refractivity contribution in [2.75, 3.05) is 11.9 Å². The van der Waals surface area contributed by atoms with Crippen molar-refractivity contribution in [1.29, 1.82) is 0 Å². The Labute approximate surface area is 105 Å². The zero-order valence-corrected chi connectivity index (χ0v) is 10.2. The Bertz CT molecular complexity index is 448. The van der Waals surface area contributed by atoms with Gasteiger partial charge in [-0.1, -0.05) is 0 Å². The zero-order chi connectivity index (χ0) is 13.5. The lowest BCUT2D eigenvalue weighted by Crippen LogP contribution is -2.11. The molecule has 0 radical (unpaired) electrons. The molecule has 0 aromatic carbocycles. The number of aromatic nitrogens is 1. The molecule has 0 unspecified atom stereocenters. The topological polar surface area (TPSA) is 111 Å². The SMILES string of the molecule is Cc1cnc(NCCCCC(N)=O)c([N+](=O)[O-])c1. The van der Waals surface area contributed by atoms with Crippen LogP contribution in [-0.2, 0) is 4.79 Å². The van der Waals surface area contributed by atoms with Crippen LogP contribution >= 0.6 is 0 Å². The summed E-state index contributed by atoms with van der Waals surface area (Å²) in [4.78, 5) is 24.9. The number of primary amides is 1. The quantitative estimate of drug-likeness (QED) is 0.432. The fourth-order valence-electron chi connectivity index (χ4n) is 1.46. The normalized spacial score (nSPS) is 10.1. The summed E-state index contributed by atoms with van der Waals surface area (Å²) in [5, 5.41) is 13.7. The van der Waals surface area contributed by atoms with Crippen LogP contribution in [0.3, 0.4) is 0 Å². The summed E-state index contributed by atoms with van der Waals surface area (Å²) in [5.74, 6) is -0.0842. The first kappa shape index (κ1) is 13.9. The molecule has 0 atom stereocenters. The molecule has 7 nitrogen and oxygen atoms in total. The molecule has 18 heavy (non-hydrogen) atoms. The third kappa shape index (κ3) is 4.36. The third-order valence-corrected chi connectivity index (χ3v) is 2.34. The van der Waals surface area contributed by atoms with E-state index in [2.05, 4.69) is 10.3 Å². The number of hydrogen-bond donors (Lipinski definition) is 2. The monoisotopic (exact) mass is 252 g/mol. The van der Waals surface area contributed by atoms with Gasteiger partial charge in [-0.05, 0) is 25.3 Å². The Morgan fingerprint density at radius 3 is 2.89 bits per heavy atom. The van der Waals surface area contributed by atoms with Crippen LogP contribution < -0.4 is 11.1 Å². The lowest BCUT2D eigenvalue weighted by molar-refractivity contribution is -0.384. The largest absolute Gasteiger partial charge is 0.370 e. The van der Waals surface area contributed by atoms with Gasteiger partial charge in [0.2, 0.25) is 11.7 Å². The molecule has 1 heterocycles. The van der Waals surface area contributed by atoms with Gasteiger partial charge >= 0.3 is 5.69 Å². The second kappa shape index (κ2) is 6.53. The van der Waals surface area contributed by atoms with E-state index in [0.29, 0.717) is 25.8 Å². The van der Waals surface area contributed by atoms with Crippen molar-refractivity contribution in [3.8, 4) is 0 Å². The molecule has 0 saturated carbocycles. The molecule has 0 fully saturated rings. The molecule has 0 spiro atoms. The van der Waals surface area contributed by atoms with Gasteiger partial charge in [0.25, 0.3) is 0 Å². The van der Waals surface area contributed by atoms with E-state index < -0.39 is 4.92 Å². The summed E-state index contributed by atoms with van der Waals surface area (Å²) in [5.41, 5.74) is 5.71. The Balaban J connectivity index is 2.51. The summed E-state index contributed by atoms with van der Waals surface area (Å²) >= 11 is 0. The Kier molecular flexibility index (Phi) is 5.04. The van der Waals surface area contributed by atoms with Crippen molar-refractivity contribution in [3.05, 3.63) is 27.9 Å². The first-order valence-corrected chi connectivity index (χ1v) is 5.64. The van der Waals surface area contributed by atoms with Gasteiger partial charge in [0, 0.05) is 25.2 Å². The van der Waals surface area contributed by atoms with Crippen LogP contribution in [0.2, 0.25) is 0 Å². The Hall–Kier alpha value is -2.18. The number of nitrogens with two attached hydrogens (primary N) is 1. The number of carbonyl (C=O) groups excluding carboxylic acids is 1. The van der Waals surface area contributed by atoms with Crippen molar-refractivity contribution >= 4 is 17.4 Å². The molecular formula is C11H16N4O3. The first-order valence-electron chi connectivity index (χ1n) is 5.64. The maximum Gasteiger partial charge on any atom is 0.311 e. The van der Waals surface area contributed by atoms with Crippen molar-refractivity contribution in [1.82, 2.24) is 4.98 Å². The fourth-order valence-corrected chi connectivity index (χ4v) is 1.46. The van der Waals surface area contributed by atoms with Crippen LogP contribution in [0, 0.1) is 17.0 Å². The van der Waals surface area contributed by atoms with E-state index in [9.17, 15) is 14.9 Å². The molecule has 0 bridgehead atoms. The van der Waals surface area contributed by atoms with E-state index in [1.807, 2.05) is 0 Å². The molecule has 1 aromatic rings. The summed E-state index contributed by atoms with van der Waals surface area (Å²) in [7, 11) is 0. The number of rotatable bonds is 7. The second-order valence-electron chi connectivity index (χ2n) is 3.99. The highest BCUT2D eigenvalue weighted by molar-refractivity contribution is 5.73. The Morgan fingerprint density at radius 2 is 2.28 bits per heavy atom. The number of pyridine rings is 1. The van der Waals surface area contributed by atoms with Gasteiger partial charge in [-0.2, -0.15) is 0 Å². The minimum Gasteiger partial charge on any atom is -0.370 e. The molecule has 0 aliphatic heterocycles.